The van der Waals surface area contributed by atoms with E-state index >= 15 is 0 Å². The van der Waals surface area contributed by atoms with Gasteiger partial charge in [-0.05, 0) is 46.3 Å². The van der Waals surface area contributed by atoms with E-state index in [2.05, 4.69) is 20.9 Å². The Kier molecular flexibility index (Phi) is 3.29. The van der Waals surface area contributed by atoms with Gasteiger partial charge in [-0.3, -0.25) is 4.57 Å². The maximum atomic E-state index is 13.2. The molecule has 0 N–H and O–H groups in total. The second-order valence-electron chi connectivity index (χ2n) is 4.08. The van der Waals surface area contributed by atoms with Crippen LogP contribution in [0, 0.1) is 5.82 Å². The first-order chi connectivity index (χ1) is 9.20. The quantitative estimate of drug-likeness (QED) is 0.621. The normalized spacial score (nSPS) is 11.1. The summed E-state index contributed by atoms with van der Waals surface area (Å²) in [5.41, 5.74) is 2.64. The first-order valence-electron chi connectivity index (χ1n) is 5.68. The number of alkyl halides is 1. The van der Waals surface area contributed by atoms with Crippen LogP contribution in [-0.4, -0.2) is 9.55 Å². The number of rotatable bonds is 2. The summed E-state index contributed by atoms with van der Waals surface area (Å²) in [4.78, 5) is 4.49. The molecule has 3 rings (SSSR count). The van der Waals surface area contributed by atoms with E-state index in [1.54, 1.807) is 6.07 Å². The van der Waals surface area contributed by atoms with Crippen LogP contribution < -0.4 is 0 Å². The van der Waals surface area contributed by atoms with E-state index in [-0.39, 0.29) is 5.82 Å². The summed E-state index contributed by atoms with van der Waals surface area (Å²) in [5.74, 6) is 0.737. The van der Waals surface area contributed by atoms with Crippen LogP contribution in [0.4, 0.5) is 4.39 Å². The van der Waals surface area contributed by atoms with Gasteiger partial charge in [0.15, 0.2) is 0 Å². The maximum absolute atomic E-state index is 13.2. The molecule has 0 aliphatic heterocycles. The van der Waals surface area contributed by atoms with E-state index in [0.29, 0.717) is 10.4 Å². The summed E-state index contributed by atoms with van der Waals surface area (Å²) in [5, 5.41) is 0. The molecule has 96 valence electrons. The van der Waals surface area contributed by atoms with E-state index < -0.39 is 0 Å². The first-order valence-corrected chi connectivity index (χ1v) is 7.01. The van der Waals surface area contributed by atoms with Crippen molar-refractivity contribution < 1.29 is 4.39 Å². The highest BCUT2D eigenvalue weighted by Crippen LogP contribution is 2.28. The van der Waals surface area contributed by atoms with Crippen LogP contribution in [0.2, 0.25) is 0 Å². The van der Waals surface area contributed by atoms with Crippen molar-refractivity contribution in [2.45, 2.75) is 5.88 Å². The zero-order valence-corrected chi connectivity index (χ0v) is 12.1. The number of para-hydroxylation sites is 2. The second-order valence-corrected chi connectivity index (χ2v) is 5.20. The Bertz CT molecular complexity index is 754. The largest absolute Gasteiger partial charge is 0.294 e. The molecule has 3 aromatic rings. The number of imidazole rings is 1. The predicted molar refractivity (Wildman–Crippen MR) is 78.3 cm³/mol. The minimum Gasteiger partial charge on any atom is -0.294 e. The summed E-state index contributed by atoms with van der Waals surface area (Å²) < 4.78 is 15.8. The lowest BCUT2D eigenvalue weighted by atomic mass is 10.2. The summed E-state index contributed by atoms with van der Waals surface area (Å²) >= 11 is 9.35. The third kappa shape index (κ3) is 2.15. The zero-order valence-electron chi connectivity index (χ0n) is 9.78. The average molecular weight is 340 g/mol. The third-order valence-electron chi connectivity index (χ3n) is 2.90. The number of aromatic nitrogens is 2. The lowest BCUT2D eigenvalue weighted by Gasteiger charge is -2.10. The number of hydrogen-bond acceptors (Lipinski definition) is 1. The topological polar surface area (TPSA) is 17.8 Å². The molecule has 2 aromatic carbocycles. The molecule has 0 saturated carbocycles. The summed E-state index contributed by atoms with van der Waals surface area (Å²) in [6.07, 6.45) is 0. The van der Waals surface area contributed by atoms with E-state index in [1.807, 2.05) is 28.8 Å². The molecule has 0 bridgehead atoms. The fraction of sp³-hybridized carbons (Fsp3) is 0.0714. The highest BCUT2D eigenvalue weighted by Gasteiger charge is 2.13. The highest BCUT2D eigenvalue weighted by molar-refractivity contribution is 9.10. The van der Waals surface area contributed by atoms with Gasteiger partial charge in [0.05, 0.1) is 22.6 Å². The van der Waals surface area contributed by atoms with E-state index in [9.17, 15) is 4.39 Å². The van der Waals surface area contributed by atoms with Gasteiger partial charge >= 0.3 is 0 Å². The molecule has 1 aromatic heterocycles. The van der Waals surface area contributed by atoms with Crippen molar-refractivity contribution in [3.63, 3.8) is 0 Å². The number of halogens is 3. The van der Waals surface area contributed by atoms with Crippen molar-refractivity contribution >= 4 is 38.6 Å². The van der Waals surface area contributed by atoms with E-state index in [1.165, 1.54) is 12.1 Å². The highest BCUT2D eigenvalue weighted by atomic mass is 79.9. The number of hydrogen-bond donors (Lipinski definition) is 0. The summed E-state index contributed by atoms with van der Waals surface area (Å²) in [7, 11) is 0. The average Bonchev–Trinajstić information content (AvgIpc) is 2.77. The molecule has 1 heterocycles. The van der Waals surface area contributed by atoms with Gasteiger partial charge in [0.2, 0.25) is 0 Å². The molecule has 0 saturated heterocycles. The molecule has 0 radical (unpaired) electrons. The van der Waals surface area contributed by atoms with Crippen LogP contribution in [0.3, 0.4) is 0 Å². The van der Waals surface area contributed by atoms with Crippen molar-refractivity contribution in [3.05, 3.63) is 58.6 Å². The minimum absolute atomic E-state index is 0.285. The predicted octanol–water partition coefficient (Wildman–Crippen LogP) is 4.67. The Morgan fingerprint density at radius 3 is 2.74 bits per heavy atom. The van der Waals surface area contributed by atoms with Gasteiger partial charge < -0.3 is 0 Å². The minimum atomic E-state index is -0.285. The number of nitrogens with zero attached hydrogens (tertiary/aromatic N) is 2. The molecule has 0 aliphatic carbocycles. The smallest absolute Gasteiger partial charge is 0.129 e. The molecular weight excluding hydrogens is 331 g/mol. The lowest BCUT2D eigenvalue weighted by molar-refractivity contribution is 0.626. The molecule has 2 nitrogen and oxygen atoms in total. The van der Waals surface area contributed by atoms with Gasteiger partial charge in [-0.15, -0.1) is 11.6 Å². The first kappa shape index (κ1) is 12.6. The van der Waals surface area contributed by atoms with Crippen LogP contribution in [-0.2, 0) is 5.88 Å². The van der Waals surface area contributed by atoms with Gasteiger partial charge in [-0.25, -0.2) is 9.37 Å². The fourth-order valence-corrected chi connectivity index (χ4v) is 2.80. The maximum Gasteiger partial charge on any atom is 0.129 e. The van der Waals surface area contributed by atoms with Crippen molar-refractivity contribution in [3.8, 4) is 5.69 Å². The van der Waals surface area contributed by atoms with Crippen molar-refractivity contribution in [2.24, 2.45) is 0 Å². The van der Waals surface area contributed by atoms with Gasteiger partial charge in [-0.1, -0.05) is 12.1 Å². The SMILES string of the molecule is Fc1ccc(-n2c(CCl)nc3ccccc32)c(Br)c1. The van der Waals surface area contributed by atoms with Gasteiger partial charge in [0, 0.05) is 4.47 Å². The molecule has 0 fully saturated rings. The lowest BCUT2D eigenvalue weighted by Crippen LogP contribution is -2.00. The van der Waals surface area contributed by atoms with Gasteiger partial charge in [0.25, 0.3) is 0 Å². The van der Waals surface area contributed by atoms with E-state index in [0.717, 1.165) is 22.5 Å². The van der Waals surface area contributed by atoms with Gasteiger partial charge in [-0.2, -0.15) is 0 Å². The van der Waals surface area contributed by atoms with Crippen molar-refractivity contribution in [1.29, 1.82) is 0 Å². The molecule has 0 spiro atoms. The summed E-state index contributed by atoms with van der Waals surface area (Å²) in [6.45, 7) is 0. The molecule has 5 heteroatoms. The monoisotopic (exact) mass is 338 g/mol. The molecule has 0 aliphatic rings. The fourth-order valence-electron chi connectivity index (χ4n) is 2.10. The Morgan fingerprint density at radius 2 is 2.00 bits per heavy atom. The van der Waals surface area contributed by atoms with Crippen molar-refractivity contribution in [1.82, 2.24) is 9.55 Å². The van der Waals surface area contributed by atoms with Crippen LogP contribution in [0.15, 0.2) is 46.9 Å². The van der Waals surface area contributed by atoms with Crippen LogP contribution in [0.25, 0.3) is 16.7 Å². The van der Waals surface area contributed by atoms with Crippen LogP contribution >= 0.6 is 27.5 Å². The zero-order chi connectivity index (χ0) is 13.4. The Morgan fingerprint density at radius 1 is 1.21 bits per heavy atom. The Hall–Kier alpha value is -1.39. The van der Waals surface area contributed by atoms with E-state index in [4.69, 9.17) is 11.6 Å². The Labute approximate surface area is 123 Å². The van der Waals surface area contributed by atoms with Crippen LogP contribution in [0.1, 0.15) is 5.82 Å². The number of fused-ring (bicyclic) bond motifs is 1. The standard InChI is InChI=1S/C14H9BrClFN2/c15-10-7-9(17)5-6-12(10)19-13-4-2-1-3-11(13)18-14(19)8-16/h1-7H,8H2. The Balaban J connectivity index is 2.34. The molecule has 19 heavy (non-hydrogen) atoms. The molecule has 0 unspecified atom stereocenters. The number of benzene rings is 2. The summed E-state index contributed by atoms with van der Waals surface area (Å²) in [6, 6.07) is 12.3. The molecule has 0 atom stereocenters. The molecular formula is C14H9BrClFN2. The van der Waals surface area contributed by atoms with Crippen LogP contribution in [0.5, 0.6) is 0 Å². The third-order valence-corrected chi connectivity index (χ3v) is 3.77. The van der Waals surface area contributed by atoms with Crippen molar-refractivity contribution in [2.75, 3.05) is 0 Å². The van der Waals surface area contributed by atoms with Gasteiger partial charge in [0.1, 0.15) is 11.6 Å². The second kappa shape index (κ2) is 4.94. The molecule has 0 amide bonds.